The molecule has 1 saturated carbocycles. The highest BCUT2D eigenvalue weighted by Gasteiger charge is 2.45. The van der Waals surface area contributed by atoms with E-state index < -0.39 is 0 Å². The average molecular weight is 360 g/mol. The number of nitrogen functional groups attached to an aromatic ring is 1. The van der Waals surface area contributed by atoms with Crippen molar-refractivity contribution in [3.63, 3.8) is 0 Å². The summed E-state index contributed by atoms with van der Waals surface area (Å²) < 4.78 is 0. The number of hydrogen-bond donors (Lipinski definition) is 2. The van der Waals surface area contributed by atoms with Gasteiger partial charge in [-0.25, -0.2) is 10.8 Å². The van der Waals surface area contributed by atoms with Gasteiger partial charge in [0.25, 0.3) is 0 Å². The Morgan fingerprint density at radius 1 is 1.12 bits per heavy atom. The van der Waals surface area contributed by atoms with E-state index in [4.69, 9.17) is 5.84 Å². The van der Waals surface area contributed by atoms with E-state index in [0.29, 0.717) is 11.3 Å². The van der Waals surface area contributed by atoms with E-state index >= 15 is 0 Å². The second-order valence-electron chi connectivity index (χ2n) is 9.52. The third-order valence-electron chi connectivity index (χ3n) is 7.37. The lowest BCUT2D eigenvalue weighted by atomic mass is 9.55. The Kier molecular flexibility index (Phi) is 7.12. The largest absolute Gasteiger partial charge is 0.308 e. The molecule has 1 atom stereocenters. The highest BCUT2D eigenvalue weighted by Crippen LogP contribution is 2.52. The molecule has 1 unspecified atom stereocenters. The maximum atomic E-state index is 5.69. The zero-order valence-electron chi connectivity index (χ0n) is 18.0. The van der Waals surface area contributed by atoms with Crippen LogP contribution in [0.5, 0.6) is 0 Å². The predicted octanol–water partition coefficient (Wildman–Crippen LogP) is 6.37. The fraction of sp³-hybridized carbons (Fsp3) is 0.783. The van der Waals surface area contributed by atoms with Crippen LogP contribution in [0.3, 0.4) is 0 Å². The number of nitrogens with two attached hydrogens (primary N) is 1. The molecule has 3 nitrogen and oxygen atoms in total. The average Bonchev–Trinajstić information content (AvgIpc) is 2.54. The van der Waals surface area contributed by atoms with Gasteiger partial charge < -0.3 is 5.43 Å². The second kappa shape index (κ2) is 8.73. The highest BCUT2D eigenvalue weighted by atomic mass is 15.2. The zero-order chi connectivity index (χ0) is 19.4. The molecule has 1 aromatic heterocycles. The summed E-state index contributed by atoms with van der Waals surface area (Å²) >= 11 is 0. The van der Waals surface area contributed by atoms with Gasteiger partial charge >= 0.3 is 0 Å². The normalized spacial score (nSPS) is 18.9. The van der Waals surface area contributed by atoms with E-state index in [1.807, 2.05) is 6.20 Å². The third kappa shape index (κ3) is 4.24. The van der Waals surface area contributed by atoms with E-state index in [1.165, 1.54) is 62.5 Å². The molecule has 1 heterocycles. The Labute approximate surface area is 161 Å². The van der Waals surface area contributed by atoms with E-state index in [2.05, 4.69) is 58.0 Å². The number of nitrogens with zero attached hydrogens (tertiary/aromatic N) is 1. The molecule has 1 fully saturated rings. The van der Waals surface area contributed by atoms with Gasteiger partial charge in [-0.1, -0.05) is 73.1 Å². The fourth-order valence-corrected chi connectivity index (χ4v) is 6.02. The summed E-state index contributed by atoms with van der Waals surface area (Å²) in [6.45, 7) is 14.4. The summed E-state index contributed by atoms with van der Waals surface area (Å²) in [5, 5.41) is 0. The number of aromatic nitrogens is 1. The van der Waals surface area contributed by atoms with Gasteiger partial charge in [0.1, 0.15) is 5.82 Å². The van der Waals surface area contributed by atoms with Crippen LogP contribution < -0.4 is 11.3 Å². The Morgan fingerprint density at radius 2 is 1.69 bits per heavy atom. The first-order chi connectivity index (χ1) is 12.3. The van der Waals surface area contributed by atoms with Crippen molar-refractivity contribution in [3.05, 3.63) is 23.4 Å². The monoisotopic (exact) mass is 359 g/mol. The summed E-state index contributed by atoms with van der Waals surface area (Å²) in [5.41, 5.74) is 5.74. The minimum Gasteiger partial charge on any atom is -0.308 e. The maximum Gasteiger partial charge on any atom is 0.143 e. The molecule has 0 aromatic carbocycles. The van der Waals surface area contributed by atoms with Gasteiger partial charge in [0, 0.05) is 6.20 Å². The van der Waals surface area contributed by atoms with Gasteiger partial charge in [-0.15, -0.1) is 0 Å². The zero-order valence-corrected chi connectivity index (χ0v) is 18.0. The molecule has 1 aliphatic carbocycles. The van der Waals surface area contributed by atoms with E-state index in [9.17, 15) is 0 Å². The van der Waals surface area contributed by atoms with Crippen molar-refractivity contribution in [3.8, 4) is 0 Å². The first kappa shape index (κ1) is 21.2. The maximum absolute atomic E-state index is 5.69. The van der Waals surface area contributed by atoms with Crippen LogP contribution in [0, 0.1) is 24.2 Å². The van der Waals surface area contributed by atoms with Crippen molar-refractivity contribution in [1.82, 2.24) is 4.98 Å². The van der Waals surface area contributed by atoms with Crippen LogP contribution >= 0.6 is 0 Å². The highest BCUT2D eigenvalue weighted by molar-refractivity contribution is 5.49. The van der Waals surface area contributed by atoms with Crippen LogP contribution in [0.25, 0.3) is 0 Å². The Hall–Kier alpha value is -1.09. The van der Waals surface area contributed by atoms with Crippen LogP contribution in [0.2, 0.25) is 0 Å². The molecule has 0 aliphatic heterocycles. The lowest BCUT2D eigenvalue weighted by molar-refractivity contribution is 0.0418. The van der Waals surface area contributed by atoms with Gasteiger partial charge in [-0.05, 0) is 59.6 Å². The lowest BCUT2D eigenvalue weighted by Crippen LogP contribution is -2.43. The van der Waals surface area contributed by atoms with Crippen LogP contribution in [0.15, 0.2) is 12.3 Å². The number of hydrazine groups is 1. The fourth-order valence-electron chi connectivity index (χ4n) is 6.02. The van der Waals surface area contributed by atoms with Crippen molar-refractivity contribution in [1.29, 1.82) is 0 Å². The van der Waals surface area contributed by atoms with Crippen molar-refractivity contribution in [2.75, 3.05) is 5.43 Å². The van der Waals surface area contributed by atoms with Crippen LogP contribution in [-0.2, 0) is 5.41 Å². The lowest BCUT2D eigenvalue weighted by Gasteiger charge is -2.50. The molecule has 26 heavy (non-hydrogen) atoms. The molecule has 3 heteroatoms. The molecule has 148 valence electrons. The summed E-state index contributed by atoms with van der Waals surface area (Å²) in [5.74, 6) is 7.93. The standard InChI is InChI=1S/C23H41N3/c1-7-20(22(3,4)18-13-11-9-8-10-12-14-18)23(5,6)19-15-16-25-21(26-24)17(19)2/h15-16,18,20H,7-14,24H2,1-6H3,(H,25,26). The van der Waals surface area contributed by atoms with Gasteiger partial charge in [0.15, 0.2) is 0 Å². The molecule has 0 amide bonds. The molecule has 0 spiro atoms. The molecule has 0 saturated heterocycles. The number of nitrogens with one attached hydrogen (secondary N) is 1. The molecule has 1 aromatic rings. The summed E-state index contributed by atoms with van der Waals surface area (Å²) in [6, 6.07) is 2.20. The predicted molar refractivity (Wildman–Crippen MR) is 113 cm³/mol. The number of rotatable bonds is 6. The van der Waals surface area contributed by atoms with Crippen LogP contribution in [0.1, 0.15) is 97.1 Å². The summed E-state index contributed by atoms with van der Waals surface area (Å²) in [7, 11) is 0. The smallest absolute Gasteiger partial charge is 0.143 e. The quantitative estimate of drug-likeness (QED) is 0.458. The van der Waals surface area contributed by atoms with Crippen LogP contribution in [0.4, 0.5) is 5.82 Å². The first-order valence-corrected chi connectivity index (χ1v) is 10.7. The number of hydrogen-bond acceptors (Lipinski definition) is 3. The van der Waals surface area contributed by atoms with Gasteiger partial charge in [0.2, 0.25) is 0 Å². The van der Waals surface area contributed by atoms with Gasteiger partial charge in [0.05, 0.1) is 0 Å². The minimum atomic E-state index is 0.0826. The summed E-state index contributed by atoms with van der Waals surface area (Å²) in [4.78, 5) is 4.39. The van der Waals surface area contributed by atoms with E-state index in [-0.39, 0.29) is 5.41 Å². The van der Waals surface area contributed by atoms with Crippen molar-refractivity contribution in [2.45, 2.75) is 98.3 Å². The van der Waals surface area contributed by atoms with Crippen molar-refractivity contribution >= 4 is 5.82 Å². The Balaban J connectivity index is 2.37. The SMILES string of the molecule is CCC(C(C)(C)c1ccnc(NN)c1C)C(C)(C)C1CCCCCCC1. The minimum absolute atomic E-state index is 0.0826. The summed E-state index contributed by atoms with van der Waals surface area (Å²) in [6.07, 6.45) is 13.0. The van der Waals surface area contributed by atoms with E-state index in [0.717, 1.165) is 11.7 Å². The molecule has 3 N–H and O–H groups in total. The van der Waals surface area contributed by atoms with Crippen molar-refractivity contribution in [2.24, 2.45) is 23.1 Å². The number of pyridine rings is 1. The third-order valence-corrected chi connectivity index (χ3v) is 7.37. The molecular weight excluding hydrogens is 318 g/mol. The topological polar surface area (TPSA) is 50.9 Å². The Morgan fingerprint density at radius 3 is 2.23 bits per heavy atom. The Bertz CT molecular complexity index is 569. The second-order valence-corrected chi connectivity index (χ2v) is 9.52. The number of anilines is 1. The van der Waals surface area contributed by atoms with Crippen molar-refractivity contribution < 1.29 is 0 Å². The van der Waals surface area contributed by atoms with Crippen LogP contribution in [-0.4, -0.2) is 4.98 Å². The van der Waals surface area contributed by atoms with E-state index in [1.54, 1.807) is 0 Å². The molecular formula is C23H41N3. The molecule has 0 bridgehead atoms. The molecule has 2 rings (SSSR count). The first-order valence-electron chi connectivity index (χ1n) is 10.7. The molecule has 0 radical (unpaired) electrons. The van der Waals surface area contributed by atoms with Gasteiger partial charge in [-0.2, -0.15) is 0 Å². The van der Waals surface area contributed by atoms with Gasteiger partial charge in [-0.3, -0.25) is 0 Å². The molecule has 1 aliphatic rings.